The molecule has 5 amide bonds. The molecule has 1 saturated heterocycles. The van der Waals surface area contributed by atoms with Crippen LogP contribution in [-0.4, -0.2) is 102 Å². The smallest absolute Gasteiger partial charge is 0.405 e. The topological polar surface area (TPSA) is 190 Å². The Kier molecular flexibility index (Phi) is 14.9. The molecule has 5 atom stereocenters. The van der Waals surface area contributed by atoms with Crippen LogP contribution < -0.4 is 16.0 Å². The number of amides is 5. The largest absolute Gasteiger partial charge is 0.465 e. The molecule has 4 heterocycles. The number of nitrogens with zero attached hydrogens (tertiary/aromatic N) is 5. The number of carbonyl (C=O) groups is 4. The number of hydrogen-bond donors (Lipinski definition) is 5. The van der Waals surface area contributed by atoms with Gasteiger partial charge in [0.05, 0.1) is 30.1 Å². The minimum Gasteiger partial charge on any atom is -0.465 e. The van der Waals surface area contributed by atoms with Crippen molar-refractivity contribution in [3.05, 3.63) is 126 Å². The van der Waals surface area contributed by atoms with Crippen LogP contribution in [0.5, 0.6) is 0 Å². The van der Waals surface area contributed by atoms with Gasteiger partial charge in [0, 0.05) is 54.2 Å². The maximum Gasteiger partial charge on any atom is 0.405 e. The summed E-state index contributed by atoms with van der Waals surface area (Å²) in [6.07, 6.45) is 3.24. The monoisotopic (exact) mass is 874 g/mol. The summed E-state index contributed by atoms with van der Waals surface area (Å²) in [5.41, 5.74) is 3.64. The molecule has 4 unspecified atom stereocenters. The van der Waals surface area contributed by atoms with Crippen LogP contribution in [0.25, 0.3) is 21.8 Å². The number of carboxylic acid groups (broad SMARTS) is 1. The first-order valence-corrected chi connectivity index (χ1v) is 22.1. The molecule has 63 heavy (non-hydrogen) atoms. The molecule has 5 N–H and O–H groups in total. The van der Waals surface area contributed by atoms with Crippen LogP contribution in [0.2, 0.25) is 0 Å². The molecule has 0 bridgehead atoms. The zero-order valence-corrected chi connectivity index (χ0v) is 37.5. The van der Waals surface area contributed by atoms with E-state index in [1.165, 1.54) is 11.3 Å². The van der Waals surface area contributed by atoms with E-state index in [4.69, 9.17) is 4.98 Å². The first kappa shape index (κ1) is 46.3. The van der Waals surface area contributed by atoms with E-state index >= 15 is 0 Å². The average molecular weight is 875 g/mol. The predicted octanol–water partition coefficient (Wildman–Crippen LogP) is 6.81. The first-order valence-electron chi connectivity index (χ1n) is 21.2. The van der Waals surface area contributed by atoms with Gasteiger partial charge in [0.15, 0.2) is 0 Å². The van der Waals surface area contributed by atoms with Crippen LogP contribution in [0.3, 0.4) is 0 Å². The van der Waals surface area contributed by atoms with Crippen LogP contribution in [0, 0.1) is 10.8 Å². The van der Waals surface area contributed by atoms with Crippen molar-refractivity contribution in [3.8, 4) is 21.8 Å². The summed E-state index contributed by atoms with van der Waals surface area (Å²) < 4.78 is 0. The lowest BCUT2D eigenvalue weighted by atomic mass is 9.84. The highest BCUT2D eigenvalue weighted by molar-refractivity contribution is 7.13. The number of thiazole rings is 1. The second kappa shape index (κ2) is 20.3. The molecular weight excluding hydrogens is 817 g/mol. The summed E-state index contributed by atoms with van der Waals surface area (Å²) in [5, 5.41) is 33.2. The van der Waals surface area contributed by atoms with Crippen molar-refractivity contribution >= 4 is 35.3 Å². The Balaban J connectivity index is 1.23. The van der Waals surface area contributed by atoms with Crippen molar-refractivity contribution in [2.75, 3.05) is 13.1 Å². The predicted molar refractivity (Wildman–Crippen MR) is 244 cm³/mol. The quantitative estimate of drug-likeness (QED) is 0.0669. The maximum absolute atomic E-state index is 14.7. The minimum absolute atomic E-state index is 0.0146. The van der Waals surface area contributed by atoms with Gasteiger partial charge in [-0.05, 0) is 65.5 Å². The normalized spacial score (nSPS) is 15.6. The van der Waals surface area contributed by atoms with Gasteiger partial charge in [-0.3, -0.25) is 19.6 Å². The highest BCUT2D eigenvalue weighted by Gasteiger charge is 2.44. The van der Waals surface area contributed by atoms with Gasteiger partial charge in [-0.1, -0.05) is 102 Å². The Morgan fingerprint density at radius 2 is 1.49 bits per heavy atom. The van der Waals surface area contributed by atoms with E-state index < -0.39 is 59.0 Å². The van der Waals surface area contributed by atoms with Crippen LogP contribution in [0.15, 0.2) is 109 Å². The third kappa shape index (κ3) is 12.5. The number of rotatable bonds is 17. The van der Waals surface area contributed by atoms with Gasteiger partial charge in [-0.15, -0.1) is 11.3 Å². The summed E-state index contributed by atoms with van der Waals surface area (Å²) in [6.45, 7) is 12.1. The molecule has 0 spiro atoms. The van der Waals surface area contributed by atoms with E-state index in [0.717, 1.165) is 38.6 Å². The fourth-order valence-electron chi connectivity index (χ4n) is 7.96. The molecule has 332 valence electrons. The Morgan fingerprint density at radius 3 is 2.13 bits per heavy atom. The maximum atomic E-state index is 14.7. The van der Waals surface area contributed by atoms with E-state index in [0.29, 0.717) is 19.5 Å². The molecule has 14 nitrogen and oxygen atoms in total. The summed E-state index contributed by atoms with van der Waals surface area (Å²) in [7, 11) is 0. The number of carbonyl (C=O) groups excluding carboxylic acids is 3. The lowest BCUT2D eigenvalue weighted by Crippen LogP contribution is -2.59. The van der Waals surface area contributed by atoms with Crippen molar-refractivity contribution in [2.45, 2.75) is 97.6 Å². The highest BCUT2D eigenvalue weighted by Crippen LogP contribution is 2.30. The average Bonchev–Trinajstić information content (AvgIpc) is 3.86. The summed E-state index contributed by atoms with van der Waals surface area (Å²) in [6, 6.07) is 23.0. The third-order valence-electron chi connectivity index (χ3n) is 11.1. The number of hydrogen-bond acceptors (Lipinski definition) is 9. The van der Waals surface area contributed by atoms with E-state index in [2.05, 4.69) is 25.9 Å². The Bertz CT molecular complexity index is 2300. The van der Waals surface area contributed by atoms with Gasteiger partial charge < -0.3 is 36.0 Å². The molecule has 0 aliphatic carbocycles. The van der Waals surface area contributed by atoms with Crippen molar-refractivity contribution in [1.82, 2.24) is 40.7 Å². The lowest BCUT2D eigenvalue weighted by Gasteiger charge is -2.38. The lowest BCUT2D eigenvalue weighted by molar-refractivity contribution is -0.131. The molecule has 6 rings (SSSR count). The number of urea groups is 1. The number of benzene rings is 2. The van der Waals surface area contributed by atoms with Gasteiger partial charge in [-0.25, -0.2) is 14.6 Å². The molecule has 15 heteroatoms. The van der Waals surface area contributed by atoms with E-state index in [9.17, 15) is 29.4 Å². The molecular formula is C48H58N8O6S. The molecule has 5 aromatic rings. The Morgan fingerprint density at radius 1 is 0.778 bits per heavy atom. The fourth-order valence-corrected chi connectivity index (χ4v) is 8.76. The first-order chi connectivity index (χ1) is 30.0. The molecule has 1 fully saturated rings. The Hall–Kier alpha value is -6.19. The molecule has 3 aromatic heterocycles. The van der Waals surface area contributed by atoms with Crippen molar-refractivity contribution in [1.29, 1.82) is 0 Å². The number of aliphatic hydroxyl groups excluding tert-OH is 1. The summed E-state index contributed by atoms with van der Waals surface area (Å²) in [4.78, 5) is 71.2. The van der Waals surface area contributed by atoms with Crippen molar-refractivity contribution in [2.24, 2.45) is 10.8 Å². The molecule has 1 aliphatic rings. The van der Waals surface area contributed by atoms with Crippen LogP contribution in [0.1, 0.15) is 64.8 Å². The molecule has 0 saturated carbocycles. The molecule has 1 aliphatic heterocycles. The highest BCUT2D eigenvalue weighted by atomic mass is 32.1. The second-order valence-electron chi connectivity index (χ2n) is 18.2. The van der Waals surface area contributed by atoms with Crippen LogP contribution in [0.4, 0.5) is 9.59 Å². The minimum atomic E-state index is -1.33. The number of aliphatic hydroxyl groups is 1. The zero-order chi connectivity index (χ0) is 45.3. The SMILES string of the molecule is CC(C)(C)C(NC(=O)O)C(=O)NC(Cc1ccc(-c2ccccn2)cc1)CC(O)C(Cc1ccccc1)NC(=O)[C@@H](N1CCN(Cc2csc(-c3cccnc3)n2)C1=O)C(C)(C)C. The van der Waals surface area contributed by atoms with Crippen molar-refractivity contribution < 1.29 is 29.4 Å². The van der Waals surface area contributed by atoms with Gasteiger partial charge in [-0.2, -0.15) is 0 Å². The van der Waals surface area contributed by atoms with E-state index in [1.54, 1.807) is 49.2 Å². The molecule has 2 aromatic carbocycles. The third-order valence-corrected chi connectivity index (χ3v) is 12.0. The second-order valence-corrected chi connectivity index (χ2v) is 19.1. The summed E-state index contributed by atoms with van der Waals surface area (Å²) >= 11 is 1.48. The molecule has 0 radical (unpaired) electrons. The number of aromatic nitrogens is 3. The van der Waals surface area contributed by atoms with Gasteiger partial charge in [0.25, 0.3) is 0 Å². The van der Waals surface area contributed by atoms with Gasteiger partial charge >= 0.3 is 12.1 Å². The summed E-state index contributed by atoms with van der Waals surface area (Å²) in [5.74, 6) is -0.943. The number of pyridine rings is 2. The van der Waals surface area contributed by atoms with Gasteiger partial charge in [0.2, 0.25) is 11.8 Å². The zero-order valence-electron chi connectivity index (χ0n) is 36.7. The van der Waals surface area contributed by atoms with Gasteiger partial charge in [0.1, 0.15) is 17.1 Å². The van der Waals surface area contributed by atoms with Crippen LogP contribution >= 0.6 is 11.3 Å². The Labute approximate surface area is 373 Å². The fraction of sp³-hybridized carbons (Fsp3) is 0.396. The van der Waals surface area contributed by atoms with E-state index in [-0.39, 0.29) is 25.4 Å². The number of nitrogens with one attached hydrogen (secondary N) is 3. The standard InChI is InChI=1S/C48H58N8O6S/c1-47(2,3)40(54-45(60)61)42(58)51-35(25-32-17-19-33(20-18-32)37-16-10-11-22-50-37)27-39(57)38(26-31-13-8-7-9-14-31)53-43(59)41(48(4,5)6)56-24-23-55(46(56)62)29-36-30-63-44(52-36)34-15-12-21-49-28-34/h7-22,28,30,35,38-41,54,57H,23-27,29H2,1-6H3,(H,51,58)(H,53,59)(H,60,61)/t35?,38?,39?,40?,41-/m1/s1. The van der Waals surface area contributed by atoms with Crippen molar-refractivity contribution in [3.63, 3.8) is 0 Å². The van der Waals surface area contributed by atoms with E-state index in [1.807, 2.05) is 111 Å². The van der Waals surface area contributed by atoms with Crippen LogP contribution in [-0.2, 0) is 29.0 Å².